The van der Waals surface area contributed by atoms with E-state index in [0.29, 0.717) is 88.5 Å². The van der Waals surface area contributed by atoms with Crippen LogP contribution in [0.1, 0.15) is 89.1 Å². The van der Waals surface area contributed by atoms with Crippen LogP contribution in [0.3, 0.4) is 0 Å². The minimum absolute atomic E-state index is 0.00114. The Morgan fingerprint density at radius 2 is 1.07 bits per heavy atom. The Morgan fingerprint density at radius 1 is 0.505 bits per heavy atom. The molecule has 2 heterocycles. The summed E-state index contributed by atoms with van der Waals surface area (Å²) in [6.07, 6.45) is 4.09. The average molecular weight is 1610 g/mol. The van der Waals surface area contributed by atoms with Crippen molar-refractivity contribution < 1.29 is 89.5 Å². The van der Waals surface area contributed by atoms with Gasteiger partial charge in [0, 0.05) is 61.9 Å². The molecule has 7 N–H and O–H groups in total. The van der Waals surface area contributed by atoms with Crippen LogP contribution in [0.5, 0.6) is 11.5 Å². The number of aliphatic carboxylic acids is 2. The zero-order valence-corrected chi connectivity index (χ0v) is 62.7. The molecule has 0 saturated heterocycles. The number of aryl methyl sites for hydroxylation is 2. The number of allylic oxidation sites excluding steroid dienone is 1. The first-order valence-corrected chi connectivity index (χ1v) is 36.6. The molecule has 0 saturated carbocycles. The Labute approximate surface area is 648 Å². The van der Waals surface area contributed by atoms with E-state index in [4.69, 9.17) is 71.2 Å². The quantitative estimate of drug-likeness (QED) is 0.0276. The zero-order chi connectivity index (χ0) is 79.1. The molecule has 2 aliphatic carbocycles. The number of benzene rings is 8. The number of anilines is 4. The first kappa shape index (κ1) is 82.4. The third-order valence-electron chi connectivity index (χ3n) is 17.2. The van der Waals surface area contributed by atoms with Gasteiger partial charge in [0.1, 0.15) is 34.6 Å². The average Bonchev–Trinajstić information content (AvgIpc) is 1.48. The number of rotatable bonds is 20. The number of thioether (sulfide) groups is 1. The van der Waals surface area contributed by atoms with Gasteiger partial charge in [0.2, 0.25) is 0 Å². The smallest absolute Gasteiger partial charge is 0.346 e. The molecule has 29 heteroatoms. The summed E-state index contributed by atoms with van der Waals surface area (Å²) in [5.41, 5.74) is 5.19. The van der Waals surface area contributed by atoms with Crippen LogP contribution in [0.15, 0.2) is 184 Å². The molecular formula is C80H64Cl4F6N4O13S2. The Hall–Kier alpha value is -10.7. The van der Waals surface area contributed by atoms with E-state index in [0.717, 1.165) is 46.2 Å². The molecule has 1 aliphatic heterocycles. The normalized spacial score (nSPS) is 12.9. The summed E-state index contributed by atoms with van der Waals surface area (Å²) < 4.78 is 97.3. The van der Waals surface area contributed by atoms with E-state index in [1.165, 1.54) is 78.5 Å². The number of carbonyl (C=O) groups is 8. The standard InChI is InChI=1S/C21H17Cl3FNO3.C20H18ClNO3.C20H15F4NO3S.C19H14FNO4S/c1-11(27)13-4-2-5-14(13)21(28)26-12-8-17(23)20(18(24)9-12)29-10-15-16(22)6-3-7-19(15)25;1-12-5-7-13(8-6-12)15-10-9-14(11-18(15)21)22-19(23)16-3-2-4-17(16)20(24)25;1-2-9-4-3-5-10(6-9)13-14(21)16(23)18(17(24)15(13)22)25-19(26)11-7-29-8-12(11)20(27)28;1-25-13-4-2-3-11(9-13)12-5-6-16(15(20)10-12)21-18(22)14-7-8-26-17(14)19(23)24/h3,6-9H,2,4-5,10H2,1H3,(H,26,28);5-11H,2-4H2,1H3,(H,22,23)(H,24,25);3-6H,2,7-8H2,1H3,(H,25,26)(H,27,28);2-10H,1H3,(H,21,22)(H,23,24). The molecule has 1 aromatic heterocycles. The van der Waals surface area contributed by atoms with Gasteiger partial charge < -0.3 is 46.1 Å². The van der Waals surface area contributed by atoms with Gasteiger partial charge >= 0.3 is 17.9 Å². The second-order valence-electron chi connectivity index (χ2n) is 24.3. The van der Waals surface area contributed by atoms with Gasteiger partial charge in [0.25, 0.3) is 23.6 Å². The van der Waals surface area contributed by atoms with Crippen molar-refractivity contribution in [2.45, 2.75) is 72.3 Å². The molecule has 0 bridgehead atoms. The number of ketones is 1. The van der Waals surface area contributed by atoms with Crippen molar-refractivity contribution in [3.8, 4) is 44.9 Å². The third kappa shape index (κ3) is 20.4. The molecule has 109 heavy (non-hydrogen) atoms. The lowest BCUT2D eigenvalue weighted by atomic mass is 9.99. The number of hydrogen-bond acceptors (Lipinski definition) is 12. The van der Waals surface area contributed by atoms with Crippen LogP contribution in [0.2, 0.25) is 20.1 Å². The van der Waals surface area contributed by atoms with Crippen molar-refractivity contribution in [3.05, 3.63) is 267 Å². The Morgan fingerprint density at radius 3 is 1.68 bits per heavy atom. The van der Waals surface area contributed by atoms with Crippen LogP contribution >= 0.6 is 69.5 Å². The van der Waals surface area contributed by atoms with Crippen LogP contribution in [0.4, 0.5) is 49.1 Å². The lowest BCUT2D eigenvalue weighted by Crippen LogP contribution is -2.21. The highest BCUT2D eigenvalue weighted by Gasteiger charge is 2.32. The van der Waals surface area contributed by atoms with Crippen LogP contribution in [-0.4, -0.2) is 81.3 Å². The van der Waals surface area contributed by atoms with Gasteiger partial charge in [-0.2, -0.15) is 11.8 Å². The number of carbonyl (C=O) groups excluding carboxylic acids is 5. The van der Waals surface area contributed by atoms with Gasteiger partial charge in [0.15, 0.2) is 34.8 Å². The van der Waals surface area contributed by atoms with Crippen molar-refractivity contribution in [3.63, 3.8) is 0 Å². The largest absolute Gasteiger partial charge is 0.497 e. The topological polar surface area (TPSA) is 264 Å². The first-order valence-electron chi connectivity index (χ1n) is 33.1. The summed E-state index contributed by atoms with van der Waals surface area (Å²) in [5, 5.41) is 39.5. The van der Waals surface area contributed by atoms with Crippen LogP contribution in [0.25, 0.3) is 33.4 Å². The second kappa shape index (κ2) is 37.4. The molecular weight excluding hydrogens is 1540 g/mol. The Balaban J connectivity index is 0.000000168. The van der Waals surface area contributed by atoms with E-state index in [1.54, 1.807) is 61.0 Å². The third-order valence-corrected chi connectivity index (χ3v) is 20.3. The number of carboxylic acid groups (broad SMARTS) is 3. The highest BCUT2D eigenvalue weighted by atomic mass is 35.5. The molecule has 4 amide bonds. The molecule has 564 valence electrons. The van der Waals surface area contributed by atoms with E-state index in [9.17, 15) is 64.7 Å². The van der Waals surface area contributed by atoms with Gasteiger partial charge in [-0.15, -0.1) is 11.3 Å². The number of methoxy groups -OCH3 is 1. The van der Waals surface area contributed by atoms with Crippen molar-refractivity contribution in [1.29, 1.82) is 0 Å². The summed E-state index contributed by atoms with van der Waals surface area (Å²) in [6.45, 7) is 5.13. The molecule has 0 atom stereocenters. The Kier molecular flexibility index (Phi) is 28.3. The summed E-state index contributed by atoms with van der Waals surface area (Å²) in [7, 11) is 1.55. The molecule has 0 radical (unpaired) electrons. The van der Waals surface area contributed by atoms with Crippen LogP contribution in [0, 0.1) is 41.8 Å². The molecule has 17 nitrogen and oxygen atoms in total. The monoisotopic (exact) mass is 1610 g/mol. The van der Waals surface area contributed by atoms with E-state index < -0.39 is 75.9 Å². The molecule has 3 aliphatic rings. The predicted octanol–water partition coefficient (Wildman–Crippen LogP) is 20.2. The summed E-state index contributed by atoms with van der Waals surface area (Å²) in [6, 6.07) is 39.5. The minimum Gasteiger partial charge on any atom is -0.497 e. The van der Waals surface area contributed by atoms with Gasteiger partial charge in [-0.25, -0.2) is 40.7 Å². The van der Waals surface area contributed by atoms with Crippen molar-refractivity contribution in [2.75, 3.05) is 39.9 Å². The Bertz CT molecular complexity index is 5140. The second-order valence-corrected chi connectivity index (χ2v) is 27.9. The lowest BCUT2D eigenvalue weighted by Gasteiger charge is -2.14. The number of carboxylic acids is 3. The number of halogens is 10. The van der Waals surface area contributed by atoms with E-state index in [1.807, 2.05) is 50.2 Å². The number of aromatic carboxylic acids is 1. The highest BCUT2D eigenvalue weighted by molar-refractivity contribution is 8.00. The van der Waals surface area contributed by atoms with Gasteiger partial charge in [-0.1, -0.05) is 138 Å². The molecule has 12 rings (SSSR count). The fourth-order valence-corrected chi connectivity index (χ4v) is 14.5. The summed E-state index contributed by atoms with van der Waals surface area (Å²) in [5.74, 6) is -13.3. The number of ether oxygens (including phenoxy) is 2. The fourth-order valence-electron chi connectivity index (χ4n) is 11.6. The van der Waals surface area contributed by atoms with Crippen LogP contribution < -0.4 is 30.7 Å². The number of amides is 4. The first-order chi connectivity index (χ1) is 52.0. The van der Waals surface area contributed by atoms with Gasteiger partial charge in [-0.3, -0.25) is 24.0 Å². The van der Waals surface area contributed by atoms with Crippen molar-refractivity contribution in [1.82, 2.24) is 0 Å². The molecule has 0 spiro atoms. The molecule has 8 aromatic carbocycles. The molecule has 0 fully saturated rings. The SMILES string of the molecule is CC(=O)C1=C(C(=O)Nc2cc(Cl)c(OCc3c(F)cccc3Cl)c(Cl)c2)CCC1.CCc1cccc(-c2c(F)c(F)c(NC(=O)C3=C(C(=O)O)CSC3)c(F)c2F)c1.COc1cccc(-c2ccc(NC(=O)c3ccsc3C(=O)O)c(F)c2)c1.Cc1ccc(-c2ccc(NC(=O)C3=C(C(=O)O)CCC3)cc2Cl)cc1. The number of Topliss-reactive ketones (excluding diaryl/α,β-unsaturated/α-hetero) is 1. The minimum atomic E-state index is -1.77. The number of hydrogen-bond donors (Lipinski definition) is 7. The zero-order valence-electron chi connectivity index (χ0n) is 58.0. The van der Waals surface area contributed by atoms with E-state index in [2.05, 4.69) is 16.0 Å². The fraction of sp³-hybridized carbons (Fsp3) is 0.175. The lowest BCUT2D eigenvalue weighted by molar-refractivity contribution is -0.133. The maximum absolute atomic E-state index is 14.6. The molecule has 0 unspecified atom stereocenters. The number of nitrogens with one attached hydrogen (secondary N) is 4. The van der Waals surface area contributed by atoms with E-state index >= 15 is 0 Å². The maximum Gasteiger partial charge on any atom is 0.346 e. The highest BCUT2D eigenvalue weighted by Crippen LogP contribution is 2.41. The summed E-state index contributed by atoms with van der Waals surface area (Å²) >= 11 is 26.9. The van der Waals surface area contributed by atoms with Crippen LogP contribution in [-0.2, 0) is 41.8 Å². The van der Waals surface area contributed by atoms with Gasteiger partial charge in [0.05, 0.1) is 49.6 Å². The summed E-state index contributed by atoms with van der Waals surface area (Å²) in [4.78, 5) is 94.4. The van der Waals surface area contributed by atoms with Crippen molar-refractivity contribution in [2.24, 2.45) is 0 Å². The number of thiophene rings is 1. The van der Waals surface area contributed by atoms with Gasteiger partial charge in [-0.05, 0) is 159 Å². The van der Waals surface area contributed by atoms with E-state index in [-0.39, 0.29) is 101 Å². The maximum atomic E-state index is 14.6. The van der Waals surface area contributed by atoms with Crippen molar-refractivity contribution >= 4 is 140 Å². The molecule has 9 aromatic rings. The predicted molar refractivity (Wildman–Crippen MR) is 410 cm³/mol.